The summed E-state index contributed by atoms with van der Waals surface area (Å²) in [4.78, 5) is 1.80. The van der Waals surface area contributed by atoms with Crippen LogP contribution in [-0.2, 0) is 0 Å². The fourth-order valence-electron chi connectivity index (χ4n) is 1.98. The van der Waals surface area contributed by atoms with E-state index in [-0.39, 0.29) is 0 Å². The lowest BCUT2D eigenvalue weighted by atomic mass is 9.98. The zero-order valence-electron chi connectivity index (χ0n) is 9.64. The van der Waals surface area contributed by atoms with Gasteiger partial charge in [0.15, 0.2) is 0 Å². The number of allylic oxidation sites excluding steroid dienone is 1. The minimum Gasteiger partial charge on any atom is -0.142 e. The molecule has 0 aliphatic rings. The summed E-state index contributed by atoms with van der Waals surface area (Å²) in [5.74, 6) is 0. The van der Waals surface area contributed by atoms with Gasteiger partial charge in [0.2, 0.25) is 0 Å². The predicted octanol–water partition coefficient (Wildman–Crippen LogP) is 5.09. The van der Waals surface area contributed by atoms with Crippen molar-refractivity contribution in [3.8, 4) is 0 Å². The van der Waals surface area contributed by atoms with Crippen molar-refractivity contribution >= 4 is 48.2 Å². The molecule has 0 N–H and O–H groups in total. The topological polar surface area (TPSA) is 0 Å². The van der Waals surface area contributed by atoms with E-state index in [4.69, 9.17) is 0 Å². The Morgan fingerprint density at radius 2 is 1.82 bits per heavy atom. The van der Waals surface area contributed by atoms with Crippen LogP contribution in [0.2, 0.25) is 0 Å². The lowest BCUT2D eigenvalue weighted by Crippen LogP contribution is -1.87. The maximum atomic E-state index is 4.55. The van der Waals surface area contributed by atoms with Crippen molar-refractivity contribution < 1.29 is 0 Å². The lowest BCUT2D eigenvalue weighted by Gasteiger charge is -2.10. The lowest BCUT2D eigenvalue weighted by molar-refractivity contribution is 1.32. The van der Waals surface area contributed by atoms with Crippen molar-refractivity contribution in [3.63, 3.8) is 0 Å². The van der Waals surface area contributed by atoms with Crippen molar-refractivity contribution in [2.45, 2.75) is 16.7 Å². The summed E-state index contributed by atoms with van der Waals surface area (Å²) in [6, 6.07) is 8.23. The molecule has 0 aliphatic heterocycles. The molecule has 0 unspecified atom stereocenters. The molecule has 0 fully saturated rings. The maximum Gasteiger partial charge on any atom is 0.0259 e. The molecule has 2 rings (SSSR count). The quantitative estimate of drug-likeness (QED) is 0.688. The van der Waals surface area contributed by atoms with Crippen LogP contribution in [0, 0.1) is 0 Å². The molecule has 2 heteroatoms. The average Bonchev–Trinajstić information content (AvgIpc) is 2.34. The third-order valence-corrected chi connectivity index (χ3v) is 3.78. The van der Waals surface area contributed by atoms with Gasteiger partial charge in [0.05, 0.1) is 0 Å². The summed E-state index contributed by atoms with van der Waals surface area (Å²) in [6.07, 6.45) is 5.98. The van der Waals surface area contributed by atoms with Crippen LogP contribution in [0.1, 0.15) is 18.1 Å². The number of thiol groups is 2. The predicted molar refractivity (Wildman–Crippen MR) is 83.3 cm³/mol. The molecular weight excluding hydrogens is 244 g/mol. The van der Waals surface area contributed by atoms with Gasteiger partial charge in [0, 0.05) is 15.2 Å². The van der Waals surface area contributed by atoms with Crippen LogP contribution < -0.4 is 0 Å². The molecule has 0 spiro atoms. The molecule has 2 aromatic carbocycles. The van der Waals surface area contributed by atoms with Gasteiger partial charge < -0.3 is 0 Å². The van der Waals surface area contributed by atoms with Crippen molar-refractivity contribution in [1.29, 1.82) is 0 Å². The Kier molecular flexibility index (Phi) is 3.65. The van der Waals surface area contributed by atoms with Gasteiger partial charge in [-0.1, -0.05) is 43.0 Å². The van der Waals surface area contributed by atoms with Crippen LogP contribution in [0.25, 0.3) is 22.9 Å². The van der Waals surface area contributed by atoms with Crippen LogP contribution in [0.4, 0.5) is 0 Å². The van der Waals surface area contributed by atoms with Crippen molar-refractivity contribution in [3.05, 3.63) is 48.0 Å². The molecule has 0 aliphatic carbocycles. The van der Waals surface area contributed by atoms with E-state index in [9.17, 15) is 0 Å². The molecule has 17 heavy (non-hydrogen) atoms. The Labute approximate surface area is 113 Å². The monoisotopic (exact) mass is 258 g/mol. The first kappa shape index (κ1) is 12.3. The van der Waals surface area contributed by atoms with Gasteiger partial charge in [-0.15, -0.1) is 25.3 Å². The van der Waals surface area contributed by atoms with Gasteiger partial charge in [-0.05, 0) is 29.5 Å². The number of benzene rings is 2. The summed E-state index contributed by atoms with van der Waals surface area (Å²) >= 11 is 8.97. The largest absolute Gasteiger partial charge is 0.142 e. The number of fused-ring (bicyclic) bond motifs is 1. The smallest absolute Gasteiger partial charge is 0.0259 e. The van der Waals surface area contributed by atoms with Gasteiger partial charge in [-0.25, -0.2) is 0 Å². The normalized spacial score (nSPS) is 11.2. The maximum absolute atomic E-state index is 4.55. The molecule has 0 bridgehead atoms. The van der Waals surface area contributed by atoms with E-state index in [1.807, 2.05) is 25.1 Å². The molecule has 0 heterocycles. The van der Waals surface area contributed by atoms with E-state index < -0.39 is 0 Å². The van der Waals surface area contributed by atoms with E-state index in [1.54, 1.807) is 0 Å². The fraction of sp³-hybridized carbons (Fsp3) is 0.0667. The summed E-state index contributed by atoms with van der Waals surface area (Å²) in [6.45, 7) is 5.91. The zero-order chi connectivity index (χ0) is 12.4. The first-order valence-electron chi connectivity index (χ1n) is 5.41. The van der Waals surface area contributed by atoms with Crippen molar-refractivity contribution in [2.75, 3.05) is 0 Å². The van der Waals surface area contributed by atoms with Gasteiger partial charge in [0.25, 0.3) is 0 Å². The molecule has 0 saturated heterocycles. The van der Waals surface area contributed by atoms with Crippen molar-refractivity contribution in [2.24, 2.45) is 0 Å². The molecule has 0 radical (unpaired) electrons. The SMILES string of the molecule is C=Cc1c(/C=C\C)ccc2ccc(S)c(S)c12. The molecule has 0 nitrogen and oxygen atoms in total. The van der Waals surface area contributed by atoms with Gasteiger partial charge in [-0.3, -0.25) is 0 Å². The third-order valence-electron chi connectivity index (χ3n) is 2.76. The first-order valence-corrected chi connectivity index (χ1v) is 6.31. The number of hydrogen-bond acceptors (Lipinski definition) is 2. The second-order valence-corrected chi connectivity index (χ2v) is 4.73. The molecule has 2 aromatic rings. The van der Waals surface area contributed by atoms with E-state index in [2.05, 4.69) is 56.1 Å². The second-order valence-electron chi connectivity index (χ2n) is 3.80. The van der Waals surface area contributed by atoms with Gasteiger partial charge in [-0.2, -0.15) is 0 Å². The van der Waals surface area contributed by atoms with E-state index in [0.29, 0.717) is 0 Å². The van der Waals surface area contributed by atoms with E-state index >= 15 is 0 Å². The highest BCUT2D eigenvalue weighted by Crippen LogP contribution is 2.33. The fourth-order valence-corrected chi connectivity index (χ4v) is 2.49. The minimum atomic E-state index is 0.890. The highest BCUT2D eigenvalue weighted by Gasteiger charge is 2.08. The standard InChI is InChI=1S/C15H14S2/c1-3-5-10-6-7-11-8-9-13(16)15(17)14(11)12(10)4-2/h3-9,16-17H,2H2,1H3/b5-3-. The Balaban J connectivity index is 2.93. The summed E-state index contributed by atoms with van der Waals surface area (Å²) in [7, 11) is 0. The summed E-state index contributed by atoms with van der Waals surface area (Å²) in [5, 5.41) is 2.28. The highest BCUT2D eigenvalue weighted by molar-refractivity contribution is 7.83. The highest BCUT2D eigenvalue weighted by atomic mass is 32.1. The Morgan fingerprint density at radius 3 is 2.47 bits per heavy atom. The Bertz CT molecular complexity index is 610. The van der Waals surface area contributed by atoms with Gasteiger partial charge in [0.1, 0.15) is 0 Å². The van der Waals surface area contributed by atoms with Crippen LogP contribution >= 0.6 is 25.3 Å². The molecule has 86 valence electrons. The molecular formula is C15H14S2. The molecule has 0 aromatic heterocycles. The number of hydrogen-bond donors (Lipinski definition) is 2. The average molecular weight is 258 g/mol. The Hall–Kier alpha value is -1.12. The summed E-state index contributed by atoms with van der Waals surface area (Å²) < 4.78 is 0. The molecule has 0 saturated carbocycles. The first-order chi connectivity index (χ1) is 8.19. The number of rotatable bonds is 2. The Morgan fingerprint density at radius 1 is 1.12 bits per heavy atom. The third kappa shape index (κ3) is 2.15. The van der Waals surface area contributed by atoms with Crippen LogP contribution in [0.5, 0.6) is 0 Å². The van der Waals surface area contributed by atoms with Crippen LogP contribution in [0.3, 0.4) is 0 Å². The van der Waals surface area contributed by atoms with E-state index in [1.165, 1.54) is 0 Å². The van der Waals surface area contributed by atoms with Gasteiger partial charge >= 0.3 is 0 Å². The molecule has 0 atom stereocenters. The zero-order valence-corrected chi connectivity index (χ0v) is 11.4. The summed E-state index contributed by atoms with van der Waals surface area (Å²) in [5.41, 5.74) is 2.27. The minimum absolute atomic E-state index is 0.890. The van der Waals surface area contributed by atoms with Crippen LogP contribution in [-0.4, -0.2) is 0 Å². The van der Waals surface area contributed by atoms with Crippen molar-refractivity contribution in [1.82, 2.24) is 0 Å². The van der Waals surface area contributed by atoms with E-state index in [0.717, 1.165) is 31.7 Å². The molecule has 0 amide bonds. The second kappa shape index (κ2) is 5.03. The van der Waals surface area contributed by atoms with Crippen LogP contribution in [0.15, 0.2) is 46.7 Å².